The molecular formula is C29H31N5O3. The highest BCUT2D eigenvalue weighted by Crippen LogP contribution is 2.24. The molecule has 2 aromatic carbocycles. The van der Waals surface area contributed by atoms with Crippen LogP contribution in [0.25, 0.3) is 0 Å². The zero-order chi connectivity index (χ0) is 26.2. The van der Waals surface area contributed by atoms with Crippen LogP contribution in [0.15, 0.2) is 75.8 Å². The van der Waals surface area contributed by atoms with E-state index in [0.717, 1.165) is 36.8 Å². The van der Waals surface area contributed by atoms with Gasteiger partial charge < -0.3 is 10.6 Å². The molecule has 1 aromatic heterocycles. The average Bonchev–Trinajstić information content (AvgIpc) is 2.92. The van der Waals surface area contributed by atoms with Crippen molar-refractivity contribution < 1.29 is 4.79 Å². The number of nitrogens with zero attached hydrogens (tertiary/aromatic N) is 3. The molecule has 0 saturated carbocycles. The third kappa shape index (κ3) is 6.44. The van der Waals surface area contributed by atoms with Gasteiger partial charge >= 0.3 is 5.69 Å². The van der Waals surface area contributed by atoms with Gasteiger partial charge in [0, 0.05) is 13.0 Å². The first-order valence-electron chi connectivity index (χ1n) is 12.6. The molecular weight excluding hydrogens is 466 g/mol. The van der Waals surface area contributed by atoms with Crippen molar-refractivity contribution in [3.05, 3.63) is 104 Å². The predicted molar refractivity (Wildman–Crippen MR) is 144 cm³/mol. The smallest absolute Gasteiger partial charge is 0.330 e. The van der Waals surface area contributed by atoms with Crippen molar-refractivity contribution in [1.29, 1.82) is 5.26 Å². The largest absolute Gasteiger partial charge is 0.383 e. The third-order valence-electron chi connectivity index (χ3n) is 6.72. The van der Waals surface area contributed by atoms with Crippen molar-refractivity contribution in [1.82, 2.24) is 9.55 Å². The van der Waals surface area contributed by atoms with Gasteiger partial charge in [-0.1, -0.05) is 54.1 Å². The number of nitrogens with two attached hydrogens (primary N) is 1. The van der Waals surface area contributed by atoms with Gasteiger partial charge in [-0.25, -0.2) is 4.79 Å². The van der Waals surface area contributed by atoms with E-state index in [0.29, 0.717) is 24.9 Å². The second-order valence-corrected chi connectivity index (χ2v) is 9.28. The van der Waals surface area contributed by atoms with E-state index in [-0.39, 0.29) is 30.4 Å². The molecule has 0 bridgehead atoms. The van der Waals surface area contributed by atoms with E-state index in [4.69, 9.17) is 11.0 Å². The van der Waals surface area contributed by atoms with Gasteiger partial charge in [-0.15, -0.1) is 0 Å². The maximum Gasteiger partial charge on any atom is 0.330 e. The number of rotatable bonds is 9. The fourth-order valence-corrected chi connectivity index (χ4v) is 4.64. The second-order valence-electron chi connectivity index (χ2n) is 9.28. The number of aryl methyl sites for hydroxylation is 1. The van der Waals surface area contributed by atoms with Gasteiger partial charge in [-0.05, 0) is 61.8 Å². The lowest BCUT2D eigenvalue weighted by atomic mass is 9.97. The molecule has 8 nitrogen and oxygen atoms in total. The van der Waals surface area contributed by atoms with Crippen molar-refractivity contribution in [2.75, 3.05) is 17.2 Å². The summed E-state index contributed by atoms with van der Waals surface area (Å²) < 4.78 is 1.30. The van der Waals surface area contributed by atoms with Crippen LogP contribution in [-0.4, -0.2) is 22.0 Å². The number of nitrogen functional groups attached to an aromatic ring is 1. The van der Waals surface area contributed by atoms with Crippen LogP contribution in [0.4, 0.5) is 11.5 Å². The topological polar surface area (TPSA) is 125 Å². The van der Waals surface area contributed by atoms with Crippen LogP contribution in [0, 0.1) is 11.3 Å². The van der Waals surface area contributed by atoms with E-state index in [2.05, 4.69) is 17.1 Å². The first kappa shape index (κ1) is 25.7. The third-order valence-corrected chi connectivity index (χ3v) is 6.72. The molecule has 1 aliphatic carbocycles. The van der Waals surface area contributed by atoms with Crippen LogP contribution >= 0.6 is 0 Å². The van der Waals surface area contributed by atoms with Crippen LogP contribution in [-0.2, 0) is 17.8 Å². The molecule has 1 heterocycles. The van der Waals surface area contributed by atoms with E-state index >= 15 is 0 Å². The molecule has 8 heteroatoms. The molecule has 0 radical (unpaired) electrons. The van der Waals surface area contributed by atoms with Gasteiger partial charge in [0.2, 0.25) is 5.91 Å². The fraction of sp³-hybridized carbons (Fsp3) is 0.310. The molecule has 0 fully saturated rings. The number of nitriles is 1. The maximum atomic E-state index is 13.5. The first-order chi connectivity index (χ1) is 18.0. The summed E-state index contributed by atoms with van der Waals surface area (Å²) in [5.41, 5.74) is 8.73. The van der Waals surface area contributed by atoms with Gasteiger partial charge in [0.05, 0.1) is 18.2 Å². The van der Waals surface area contributed by atoms with E-state index in [9.17, 15) is 14.4 Å². The Morgan fingerprint density at radius 2 is 1.78 bits per heavy atom. The molecule has 1 amide bonds. The summed E-state index contributed by atoms with van der Waals surface area (Å²) in [6.07, 6.45) is 7.73. The Balaban J connectivity index is 1.64. The van der Waals surface area contributed by atoms with Crippen molar-refractivity contribution in [2.45, 2.75) is 51.5 Å². The van der Waals surface area contributed by atoms with Crippen molar-refractivity contribution >= 4 is 17.4 Å². The van der Waals surface area contributed by atoms with Gasteiger partial charge in [0.15, 0.2) is 5.69 Å². The molecule has 0 unspecified atom stereocenters. The monoisotopic (exact) mass is 497 g/mol. The Morgan fingerprint density at radius 3 is 2.46 bits per heavy atom. The Labute approximate surface area is 215 Å². The van der Waals surface area contributed by atoms with Crippen LogP contribution in [0.5, 0.6) is 0 Å². The molecule has 0 atom stereocenters. The Bertz CT molecular complexity index is 1430. The Hall–Kier alpha value is -4.38. The Kier molecular flexibility index (Phi) is 8.37. The molecule has 4 rings (SSSR count). The molecule has 0 aliphatic heterocycles. The van der Waals surface area contributed by atoms with E-state index < -0.39 is 11.2 Å². The zero-order valence-corrected chi connectivity index (χ0v) is 20.8. The predicted octanol–water partition coefficient (Wildman–Crippen LogP) is 3.90. The van der Waals surface area contributed by atoms with Gasteiger partial charge in [-0.2, -0.15) is 5.26 Å². The molecule has 3 N–H and O–H groups in total. The lowest BCUT2D eigenvalue weighted by molar-refractivity contribution is -0.118. The summed E-state index contributed by atoms with van der Waals surface area (Å²) in [4.78, 5) is 43.0. The van der Waals surface area contributed by atoms with E-state index in [1.54, 1.807) is 12.1 Å². The number of carbonyl (C=O) groups is 1. The lowest BCUT2D eigenvalue weighted by Crippen LogP contribution is -2.42. The number of carbonyl (C=O) groups excluding carboxylic acids is 1. The van der Waals surface area contributed by atoms with Crippen LogP contribution in [0.2, 0.25) is 0 Å². The summed E-state index contributed by atoms with van der Waals surface area (Å²) in [5.74, 6) is -0.273. The quantitative estimate of drug-likeness (QED) is 0.434. The Morgan fingerprint density at radius 1 is 1.03 bits per heavy atom. The molecule has 1 aliphatic rings. The minimum atomic E-state index is -0.670. The highest BCUT2D eigenvalue weighted by Gasteiger charge is 2.24. The molecule has 0 saturated heterocycles. The zero-order valence-electron chi connectivity index (χ0n) is 20.8. The molecule has 3 aromatic rings. The molecule has 37 heavy (non-hydrogen) atoms. The summed E-state index contributed by atoms with van der Waals surface area (Å²) in [6, 6.07) is 18.5. The minimum Gasteiger partial charge on any atom is -0.383 e. The average molecular weight is 498 g/mol. The SMILES string of the molecule is N#Cc1ccc(CCC(=O)N(CCC2=CCCCC2)c2c(N)n(Cc3ccccc3)c(=O)[nH]c2=O)cc1. The summed E-state index contributed by atoms with van der Waals surface area (Å²) in [7, 11) is 0. The fourth-order valence-electron chi connectivity index (χ4n) is 4.64. The number of benzene rings is 2. The highest BCUT2D eigenvalue weighted by atomic mass is 16.2. The van der Waals surface area contributed by atoms with Crippen molar-refractivity contribution in [2.24, 2.45) is 0 Å². The number of hydrogen-bond acceptors (Lipinski definition) is 5. The number of amides is 1. The standard InChI is InChI=1S/C29H31N5O3/c30-19-23-13-11-22(12-14-23)15-16-25(35)33(18-17-21-7-3-1-4-8-21)26-27(31)34(29(37)32-28(26)36)20-24-9-5-2-6-10-24/h2,5-7,9-14H,1,3-4,8,15-18,20,31H2,(H,32,36,37). The molecule has 190 valence electrons. The maximum absolute atomic E-state index is 13.5. The normalized spacial score (nSPS) is 13.0. The summed E-state index contributed by atoms with van der Waals surface area (Å²) >= 11 is 0. The van der Waals surface area contributed by atoms with Gasteiger partial charge in [0.1, 0.15) is 5.82 Å². The van der Waals surface area contributed by atoms with E-state index in [1.807, 2.05) is 42.5 Å². The first-order valence-corrected chi connectivity index (χ1v) is 12.6. The number of allylic oxidation sites excluding steroid dienone is 1. The number of H-pyrrole nitrogens is 1. The van der Waals surface area contributed by atoms with Crippen LogP contribution in [0.1, 0.15) is 55.2 Å². The summed E-state index contributed by atoms with van der Waals surface area (Å²) in [5, 5.41) is 9.01. The number of aromatic nitrogens is 2. The van der Waals surface area contributed by atoms with Gasteiger partial charge in [0.25, 0.3) is 5.56 Å². The summed E-state index contributed by atoms with van der Waals surface area (Å²) in [6.45, 7) is 0.475. The number of hydrogen-bond donors (Lipinski definition) is 2. The van der Waals surface area contributed by atoms with E-state index in [1.165, 1.54) is 15.0 Å². The van der Waals surface area contributed by atoms with Crippen LogP contribution < -0.4 is 21.9 Å². The number of aromatic amines is 1. The second kappa shape index (κ2) is 12.0. The van der Waals surface area contributed by atoms with Gasteiger partial charge in [-0.3, -0.25) is 19.1 Å². The minimum absolute atomic E-state index is 0.0109. The van der Waals surface area contributed by atoms with Crippen molar-refractivity contribution in [3.63, 3.8) is 0 Å². The highest BCUT2D eigenvalue weighted by molar-refractivity contribution is 5.95. The van der Waals surface area contributed by atoms with Crippen molar-refractivity contribution in [3.8, 4) is 6.07 Å². The van der Waals surface area contributed by atoms with Crippen LogP contribution in [0.3, 0.4) is 0 Å². The number of nitrogens with one attached hydrogen (secondary N) is 1. The molecule has 0 spiro atoms. The lowest BCUT2D eigenvalue weighted by Gasteiger charge is -2.26. The number of anilines is 2.